The van der Waals surface area contributed by atoms with Crippen LogP contribution in [0.3, 0.4) is 0 Å². The number of aliphatic hydroxyl groups is 1. The third-order valence-corrected chi connectivity index (χ3v) is 4.92. The Morgan fingerprint density at radius 3 is 2.50 bits per heavy atom. The van der Waals surface area contributed by atoms with E-state index in [2.05, 4.69) is 4.90 Å². The average Bonchev–Trinajstić information content (AvgIpc) is 2.34. The molecule has 0 radical (unpaired) electrons. The van der Waals surface area contributed by atoms with Crippen LogP contribution in [0, 0.1) is 0 Å². The van der Waals surface area contributed by atoms with Gasteiger partial charge in [0.25, 0.3) is 0 Å². The highest BCUT2D eigenvalue weighted by atomic mass is 33.1. The van der Waals surface area contributed by atoms with Crippen LogP contribution in [0.2, 0.25) is 0 Å². The predicted molar refractivity (Wildman–Crippen MR) is 73.1 cm³/mol. The summed E-state index contributed by atoms with van der Waals surface area (Å²) in [5, 5.41) is 8.58. The zero-order valence-electron chi connectivity index (χ0n) is 9.90. The summed E-state index contributed by atoms with van der Waals surface area (Å²) in [6, 6.07) is 0. The second-order valence-electron chi connectivity index (χ2n) is 3.88. The van der Waals surface area contributed by atoms with Gasteiger partial charge in [-0.2, -0.15) is 0 Å². The Kier molecular flexibility index (Phi) is 9.81. The first kappa shape index (κ1) is 14.6. The van der Waals surface area contributed by atoms with E-state index in [1.807, 2.05) is 0 Å². The molecule has 0 amide bonds. The van der Waals surface area contributed by atoms with Gasteiger partial charge >= 0.3 is 0 Å². The van der Waals surface area contributed by atoms with Gasteiger partial charge in [0.15, 0.2) is 0 Å². The van der Waals surface area contributed by atoms with Gasteiger partial charge in [-0.15, -0.1) is 0 Å². The lowest BCUT2D eigenvalue weighted by Crippen LogP contribution is -2.32. The maximum absolute atomic E-state index is 8.58. The molecule has 1 saturated heterocycles. The SMILES string of the molecule is OCCSSCCOCCN1CCCCC1. The van der Waals surface area contributed by atoms with Gasteiger partial charge in [0.05, 0.1) is 19.8 Å². The molecule has 96 valence electrons. The van der Waals surface area contributed by atoms with Crippen molar-refractivity contribution < 1.29 is 9.84 Å². The first-order valence-corrected chi connectivity index (χ1v) is 8.57. The Labute approximate surface area is 107 Å². The zero-order valence-corrected chi connectivity index (χ0v) is 11.5. The van der Waals surface area contributed by atoms with E-state index in [4.69, 9.17) is 9.84 Å². The Bertz CT molecular complexity index is 155. The van der Waals surface area contributed by atoms with Gasteiger partial charge in [0.2, 0.25) is 0 Å². The van der Waals surface area contributed by atoms with Crippen LogP contribution < -0.4 is 0 Å². The van der Waals surface area contributed by atoms with Crippen LogP contribution in [0.5, 0.6) is 0 Å². The largest absolute Gasteiger partial charge is 0.395 e. The summed E-state index contributed by atoms with van der Waals surface area (Å²) in [6.45, 7) is 5.57. The third kappa shape index (κ3) is 7.79. The van der Waals surface area contributed by atoms with Crippen LogP contribution >= 0.6 is 21.6 Å². The number of nitrogens with zero attached hydrogens (tertiary/aromatic N) is 1. The minimum atomic E-state index is 0.271. The normalized spacial score (nSPS) is 17.8. The van der Waals surface area contributed by atoms with Crippen LogP contribution in [-0.2, 0) is 4.74 Å². The molecule has 0 unspecified atom stereocenters. The average molecular weight is 265 g/mol. The second-order valence-corrected chi connectivity index (χ2v) is 6.58. The van der Waals surface area contributed by atoms with Crippen LogP contribution in [0.1, 0.15) is 19.3 Å². The molecule has 0 aliphatic carbocycles. The standard InChI is InChI=1S/C11H23NO2S2/c13-7-10-15-16-11-9-14-8-6-12-4-2-1-3-5-12/h13H,1-11H2. The molecule has 0 atom stereocenters. The monoisotopic (exact) mass is 265 g/mol. The molecular formula is C11H23NO2S2. The van der Waals surface area contributed by atoms with E-state index < -0.39 is 0 Å². The molecular weight excluding hydrogens is 242 g/mol. The topological polar surface area (TPSA) is 32.7 Å². The van der Waals surface area contributed by atoms with Crippen LogP contribution in [0.15, 0.2) is 0 Å². The quantitative estimate of drug-likeness (QED) is 0.508. The molecule has 1 N–H and O–H groups in total. The first-order valence-electron chi connectivity index (χ1n) is 6.09. The Hall–Kier alpha value is 0.580. The molecule has 3 nitrogen and oxygen atoms in total. The van der Waals surface area contributed by atoms with Crippen molar-refractivity contribution in [1.82, 2.24) is 4.90 Å². The maximum Gasteiger partial charge on any atom is 0.0593 e. The number of aliphatic hydroxyl groups excluding tert-OH is 1. The molecule has 0 aromatic heterocycles. The summed E-state index contributed by atoms with van der Waals surface area (Å²) >= 11 is 0. The van der Waals surface area contributed by atoms with Gasteiger partial charge in [-0.25, -0.2) is 0 Å². The lowest BCUT2D eigenvalue weighted by molar-refractivity contribution is 0.107. The highest BCUT2D eigenvalue weighted by molar-refractivity contribution is 8.76. The zero-order chi connectivity index (χ0) is 11.5. The van der Waals surface area contributed by atoms with Gasteiger partial charge < -0.3 is 14.7 Å². The van der Waals surface area contributed by atoms with E-state index in [0.29, 0.717) is 0 Å². The number of rotatable bonds is 9. The van der Waals surface area contributed by atoms with Crippen molar-refractivity contribution in [3.8, 4) is 0 Å². The van der Waals surface area contributed by atoms with E-state index >= 15 is 0 Å². The van der Waals surface area contributed by atoms with E-state index in [1.165, 1.54) is 32.4 Å². The fraction of sp³-hybridized carbons (Fsp3) is 1.00. The molecule has 0 aromatic carbocycles. The Balaban J connectivity index is 1.77. The number of likely N-dealkylation sites (tertiary alicyclic amines) is 1. The summed E-state index contributed by atoms with van der Waals surface area (Å²) < 4.78 is 5.58. The molecule has 0 saturated carbocycles. The van der Waals surface area contributed by atoms with E-state index in [-0.39, 0.29) is 6.61 Å². The Morgan fingerprint density at radius 1 is 1.00 bits per heavy atom. The number of ether oxygens (including phenoxy) is 1. The molecule has 0 aromatic rings. The third-order valence-electron chi connectivity index (χ3n) is 2.57. The van der Waals surface area contributed by atoms with Crippen molar-refractivity contribution in [1.29, 1.82) is 0 Å². The van der Waals surface area contributed by atoms with Crippen molar-refractivity contribution in [3.05, 3.63) is 0 Å². The molecule has 0 bridgehead atoms. The summed E-state index contributed by atoms with van der Waals surface area (Å²) in [6.07, 6.45) is 4.11. The number of piperidine rings is 1. The molecule has 5 heteroatoms. The minimum absolute atomic E-state index is 0.271. The molecule has 1 heterocycles. The van der Waals surface area contributed by atoms with Crippen LogP contribution in [0.25, 0.3) is 0 Å². The molecule has 1 aliphatic rings. The minimum Gasteiger partial charge on any atom is -0.395 e. The summed E-state index contributed by atoms with van der Waals surface area (Å²) in [7, 11) is 3.50. The van der Waals surface area contributed by atoms with Crippen molar-refractivity contribution >= 4 is 21.6 Å². The first-order chi connectivity index (χ1) is 7.93. The Morgan fingerprint density at radius 2 is 1.75 bits per heavy atom. The maximum atomic E-state index is 8.58. The van der Waals surface area contributed by atoms with Crippen molar-refractivity contribution in [2.45, 2.75) is 19.3 Å². The van der Waals surface area contributed by atoms with Crippen molar-refractivity contribution in [3.63, 3.8) is 0 Å². The smallest absolute Gasteiger partial charge is 0.0593 e. The number of hydrogen-bond acceptors (Lipinski definition) is 5. The van der Waals surface area contributed by atoms with Crippen molar-refractivity contribution in [2.24, 2.45) is 0 Å². The predicted octanol–water partition coefficient (Wildman–Crippen LogP) is 1.86. The lowest BCUT2D eigenvalue weighted by atomic mass is 10.1. The summed E-state index contributed by atoms with van der Waals surface area (Å²) in [5.74, 6) is 1.84. The van der Waals surface area contributed by atoms with Crippen LogP contribution in [0.4, 0.5) is 0 Å². The van der Waals surface area contributed by atoms with Gasteiger partial charge in [0, 0.05) is 18.1 Å². The van der Waals surface area contributed by atoms with E-state index in [0.717, 1.165) is 31.3 Å². The molecule has 16 heavy (non-hydrogen) atoms. The summed E-state index contributed by atoms with van der Waals surface area (Å²) in [5.41, 5.74) is 0. The fourth-order valence-corrected chi connectivity index (χ4v) is 3.36. The second kappa shape index (κ2) is 10.7. The molecule has 1 fully saturated rings. The lowest BCUT2D eigenvalue weighted by Gasteiger charge is -2.26. The summed E-state index contributed by atoms with van der Waals surface area (Å²) in [4.78, 5) is 2.50. The van der Waals surface area contributed by atoms with Crippen LogP contribution in [-0.4, -0.2) is 61.0 Å². The fourth-order valence-electron chi connectivity index (χ4n) is 1.73. The molecule has 0 spiro atoms. The van der Waals surface area contributed by atoms with Gasteiger partial charge in [0.1, 0.15) is 0 Å². The van der Waals surface area contributed by atoms with Gasteiger partial charge in [-0.1, -0.05) is 28.0 Å². The highest BCUT2D eigenvalue weighted by Gasteiger charge is 2.08. The van der Waals surface area contributed by atoms with Gasteiger partial charge in [-0.3, -0.25) is 0 Å². The molecule has 1 aliphatic heterocycles. The van der Waals surface area contributed by atoms with Gasteiger partial charge in [-0.05, 0) is 25.9 Å². The van der Waals surface area contributed by atoms with Crippen molar-refractivity contribution in [2.75, 3.05) is 51.0 Å². The number of hydrogen-bond donors (Lipinski definition) is 1. The highest BCUT2D eigenvalue weighted by Crippen LogP contribution is 2.19. The molecule has 1 rings (SSSR count). The van der Waals surface area contributed by atoms with E-state index in [1.54, 1.807) is 21.6 Å². The van der Waals surface area contributed by atoms with E-state index in [9.17, 15) is 0 Å².